The number of hydrogen-bond donors (Lipinski definition) is 2. The summed E-state index contributed by atoms with van der Waals surface area (Å²) in [6, 6.07) is 3.97. The van der Waals surface area contributed by atoms with Gasteiger partial charge in [0.25, 0.3) is 5.78 Å². The SMILES string of the molecule is Cc1ccc(C(=O)O)c(C(=O)C(=O)O)c1. The van der Waals surface area contributed by atoms with Crippen molar-refractivity contribution in [1.82, 2.24) is 0 Å². The van der Waals surface area contributed by atoms with E-state index in [1.807, 2.05) is 0 Å². The molecule has 1 aromatic carbocycles. The van der Waals surface area contributed by atoms with E-state index in [1.54, 1.807) is 6.92 Å². The molecule has 0 atom stereocenters. The molecule has 5 nitrogen and oxygen atoms in total. The van der Waals surface area contributed by atoms with E-state index >= 15 is 0 Å². The highest BCUT2D eigenvalue weighted by molar-refractivity contribution is 6.41. The van der Waals surface area contributed by atoms with Crippen LogP contribution in [0.3, 0.4) is 0 Å². The Hall–Kier alpha value is -2.17. The number of benzene rings is 1. The molecule has 0 aliphatic carbocycles. The van der Waals surface area contributed by atoms with Gasteiger partial charge in [0, 0.05) is 5.56 Å². The maximum Gasteiger partial charge on any atom is 0.377 e. The second-order valence-electron chi connectivity index (χ2n) is 2.99. The first-order chi connectivity index (χ1) is 6.93. The maximum atomic E-state index is 11.2. The molecule has 0 aromatic heterocycles. The normalized spacial score (nSPS) is 9.67. The van der Waals surface area contributed by atoms with Crippen LogP contribution in [0.15, 0.2) is 18.2 Å². The predicted molar refractivity (Wildman–Crippen MR) is 50.1 cm³/mol. The summed E-state index contributed by atoms with van der Waals surface area (Å²) in [6.07, 6.45) is 0. The summed E-state index contributed by atoms with van der Waals surface area (Å²) in [5.41, 5.74) is 0.0348. The smallest absolute Gasteiger partial charge is 0.377 e. The average Bonchev–Trinajstić information content (AvgIpc) is 2.15. The van der Waals surface area contributed by atoms with Gasteiger partial charge in [-0.2, -0.15) is 0 Å². The molecule has 0 saturated carbocycles. The molecule has 15 heavy (non-hydrogen) atoms. The van der Waals surface area contributed by atoms with Crippen LogP contribution in [0.25, 0.3) is 0 Å². The van der Waals surface area contributed by atoms with Crippen molar-refractivity contribution in [3.05, 3.63) is 34.9 Å². The van der Waals surface area contributed by atoms with Gasteiger partial charge in [-0.15, -0.1) is 0 Å². The Balaban J connectivity index is 3.37. The number of Topliss-reactive ketones (excluding diaryl/α,β-unsaturated/α-hetero) is 1. The molecule has 2 N–H and O–H groups in total. The molecule has 0 saturated heterocycles. The van der Waals surface area contributed by atoms with Crippen LogP contribution < -0.4 is 0 Å². The highest BCUT2D eigenvalue weighted by atomic mass is 16.4. The number of aryl methyl sites for hydroxylation is 1. The number of aromatic carboxylic acids is 1. The number of ketones is 1. The molecular formula is C10H8O5. The number of carbonyl (C=O) groups excluding carboxylic acids is 1. The number of aliphatic carboxylic acids is 1. The highest BCUT2D eigenvalue weighted by Crippen LogP contribution is 2.12. The number of carbonyl (C=O) groups is 3. The molecule has 5 heteroatoms. The lowest BCUT2D eigenvalue weighted by atomic mass is 10.0. The second kappa shape index (κ2) is 3.91. The van der Waals surface area contributed by atoms with Crippen LogP contribution in [-0.4, -0.2) is 27.9 Å². The van der Waals surface area contributed by atoms with Gasteiger partial charge in [0.15, 0.2) is 0 Å². The molecule has 0 fully saturated rings. The van der Waals surface area contributed by atoms with Crippen LogP contribution in [0.2, 0.25) is 0 Å². The minimum absolute atomic E-state index is 0.296. The largest absolute Gasteiger partial charge is 0.478 e. The van der Waals surface area contributed by atoms with Gasteiger partial charge in [-0.25, -0.2) is 9.59 Å². The highest BCUT2D eigenvalue weighted by Gasteiger charge is 2.21. The summed E-state index contributed by atoms with van der Waals surface area (Å²) >= 11 is 0. The number of carboxylic acid groups (broad SMARTS) is 2. The van der Waals surface area contributed by atoms with Crippen LogP contribution in [0.4, 0.5) is 0 Å². The van der Waals surface area contributed by atoms with E-state index in [4.69, 9.17) is 10.2 Å². The molecule has 0 aliphatic heterocycles. The summed E-state index contributed by atoms with van der Waals surface area (Å²) in [7, 11) is 0. The molecule has 0 radical (unpaired) electrons. The van der Waals surface area contributed by atoms with E-state index in [-0.39, 0.29) is 11.1 Å². The Morgan fingerprint density at radius 3 is 2.13 bits per heavy atom. The third-order valence-corrected chi connectivity index (χ3v) is 1.84. The Morgan fingerprint density at radius 1 is 1.07 bits per heavy atom. The third kappa shape index (κ3) is 2.19. The van der Waals surface area contributed by atoms with E-state index < -0.39 is 17.7 Å². The monoisotopic (exact) mass is 208 g/mol. The fourth-order valence-corrected chi connectivity index (χ4v) is 1.15. The zero-order chi connectivity index (χ0) is 11.6. The van der Waals surface area contributed by atoms with Crippen LogP contribution in [0, 0.1) is 6.92 Å². The molecule has 0 amide bonds. The molecule has 1 rings (SSSR count). The van der Waals surface area contributed by atoms with Crippen molar-refractivity contribution in [2.45, 2.75) is 6.92 Å². The van der Waals surface area contributed by atoms with E-state index in [0.29, 0.717) is 5.56 Å². The van der Waals surface area contributed by atoms with Crippen molar-refractivity contribution < 1.29 is 24.6 Å². The van der Waals surface area contributed by atoms with Crippen molar-refractivity contribution in [3.63, 3.8) is 0 Å². The first kappa shape index (κ1) is 10.9. The second-order valence-corrected chi connectivity index (χ2v) is 2.99. The lowest BCUT2D eigenvalue weighted by Gasteiger charge is -2.03. The topological polar surface area (TPSA) is 91.7 Å². The van der Waals surface area contributed by atoms with Crippen molar-refractivity contribution in [1.29, 1.82) is 0 Å². The fraction of sp³-hybridized carbons (Fsp3) is 0.100. The summed E-state index contributed by atoms with van der Waals surface area (Å²) in [4.78, 5) is 32.3. The molecule has 0 unspecified atom stereocenters. The molecule has 0 bridgehead atoms. The first-order valence-electron chi connectivity index (χ1n) is 4.05. The Morgan fingerprint density at radius 2 is 1.67 bits per heavy atom. The molecule has 1 aromatic rings. The van der Waals surface area contributed by atoms with Gasteiger partial charge in [-0.1, -0.05) is 11.6 Å². The van der Waals surface area contributed by atoms with Gasteiger partial charge in [0.05, 0.1) is 5.56 Å². The van der Waals surface area contributed by atoms with Crippen molar-refractivity contribution in [2.24, 2.45) is 0 Å². The third-order valence-electron chi connectivity index (χ3n) is 1.84. The van der Waals surface area contributed by atoms with E-state index in [0.717, 1.165) is 0 Å². The first-order valence-corrected chi connectivity index (χ1v) is 4.05. The van der Waals surface area contributed by atoms with Gasteiger partial charge >= 0.3 is 11.9 Å². The molecule has 78 valence electrons. The quantitative estimate of drug-likeness (QED) is 0.570. The van der Waals surface area contributed by atoms with Crippen molar-refractivity contribution in [2.75, 3.05) is 0 Å². The van der Waals surface area contributed by atoms with Crippen molar-refractivity contribution >= 4 is 17.7 Å². The Kier molecular flexibility index (Phi) is 2.85. The van der Waals surface area contributed by atoms with Crippen LogP contribution in [0.1, 0.15) is 26.3 Å². The lowest BCUT2D eigenvalue weighted by molar-refractivity contribution is -0.131. The molecule has 0 aliphatic rings. The summed E-state index contributed by atoms with van der Waals surface area (Å²) < 4.78 is 0. The van der Waals surface area contributed by atoms with Gasteiger partial charge in [0.2, 0.25) is 0 Å². The van der Waals surface area contributed by atoms with Gasteiger partial charge in [0.1, 0.15) is 0 Å². The van der Waals surface area contributed by atoms with Crippen LogP contribution in [-0.2, 0) is 4.79 Å². The number of carboxylic acids is 2. The standard InChI is InChI=1S/C10H8O5/c1-5-2-3-6(9(12)13)7(4-5)8(11)10(14)15/h2-4H,1H3,(H,12,13)(H,14,15). The maximum absolute atomic E-state index is 11.2. The Bertz CT molecular complexity index is 447. The minimum Gasteiger partial charge on any atom is -0.478 e. The zero-order valence-electron chi connectivity index (χ0n) is 7.85. The molecule has 0 spiro atoms. The number of rotatable bonds is 3. The van der Waals surface area contributed by atoms with Crippen molar-refractivity contribution in [3.8, 4) is 0 Å². The summed E-state index contributed by atoms with van der Waals surface area (Å²) in [6.45, 7) is 1.64. The molecular weight excluding hydrogens is 200 g/mol. The Labute approximate surface area is 85.0 Å². The summed E-state index contributed by atoms with van der Waals surface area (Å²) in [5, 5.41) is 17.2. The van der Waals surface area contributed by atoms with E-state index in [2.05, 4.69) is 0 Å². The van der Waals surface area contributed by atoms with Crippen LogP contribution >= 0.6 is 0 Å². The van der Waals surface area contributed by atoms with Crippen LogP contribution in [0.5, 0.6) is 0 Å². The lowest BCUT2D eigenvalue weighted by Crippen LogP contribution is -2.17. The molecule has 0 heterocycles. The van der Waals surface area contributed by atoms with E-state index in [1.165, 1.54) is 18.2 Å². The van der Waals surface area contributed by atoms with Gasteiger partial charge in [-0.3, -0.25) is 4.79 Å². The minimum atomic E-state index is -1.66. The number of hydrogen-bond acceptors (Lipinski definition) is 3. The van der Waals surface area contributed by atoms with E-state index in [9.17, 15) is 14.4 Å². The van der Waals surface area contributed by atoms with Gasteiger partial charge in [-0.05, 0) is 19.1 Å². The van der Waals surface area contributed by atoms with Gasteiger partial charge < -0.3 is 10.2 Å². The summed E-state index contributed by atoms with van der Waals surface area (Å²) in [5.74, 6) is -4.20. The zero-order valence-corrected chi connectivity index (χ0v) is 7.85. The predicted octanol–water partition coefficient (Wildman–Crippen LogP) is 0.961. The average molecular weight is 208 g/mol. The fourth-order valence-electron chi connectivity index (χ4n) is 1.15.